The Morgan fingerprint density at radius 2 is 1.48 bits per heavy atom. The van der Waals surface area contributed by atoms with E-state index in [1.807, 2.05) is 0 Å². The summed E-state index contributed by atoms with van der Waals surface area (Å²) in [5, 5.41) is 24.6. The predicted molar refractivity (Wildman–Crippen MR) is 65.2 cm³/mol. The summed E-state index contributed by atoms with van der Waals surface area (Å²) >= 11 is 0. The van der Waals surface area contributed by atoms with Crippen LogP contribution in [0.2, 0.25) is 0 Å². The summed E-state index contributed by atoms with van der Waals surface area (Å²) in [6, 6.07) is 4.16. The molecule has 0 saturated carbocycles. The van der Waals surface area contributed by atoms with Crippen LogP contribution in [-0.2, 0) is 9.59 Å². The number of alkyl halides is 3. The van der Waals surface area contributed by atoms with Crippen molar-refractivity contribution >= 4 is 11.9 Å². The van der Waals surface area contributed by atoms with Gasteiger partial charge in [-0.1, -0.05) is 12.1 Å². The highest BCUT2D eigenvalue weighted by Crippen LogP contribution is 2.34. The Labute approximate surface area is 127 Å². The molecule has 0 radical (unpaired) electrons. The minimum Gasteiger partial charge on any atom is -0.545 e. The second-order valence-electron chi connectivity index (χ2n) is 4.49. The van der Waals surface area contributed by atoms with Gasteiger partial charge in [-0.3, -0.25) is 0 Å². The molecule has 1 aliphatic heterocycles. The van der Waals surface area contributed by atoms with Gasteiger partial charge in [0.2, 0.25) is 0 Å². The number of carbonyl (C=O) groups excluding carboxylic acids is 2. The number of ether oxygens (including phenoxy) is 1. The van der Waals surface area contributed by atoms with Gasteiger partial charge in [0.05, 0.1) is 11.9 Å². The second-order valence-corrected chi connectivity index (χ2v) is 4.49. The van der Waals surface area contributed by atoms with E-state index < -0.39 is 41.1 Å². The quantitative estimate of drug-likeness (QED) is 0.803. The third-order valence-corrected chi connectivity index (χ3v) is 3.02. The Morgan fingerprint density at radius 3 is 1.87 bits per heavy atom. The third-order valence-electron chi connectivity index (χ3n) is 3.02. The van der Waals surface area contributed by atoms with Gasteiger partial charge in [-0.25, -0.2) is 0 Å². The van der Waals surface area contributed by atoms with Gasteiger partial charge in [0, 0.05) is 29.5 Å². The number of halogens is 3. The second kappa shape index (κ2) is 6.03. The Morgan fingerprint density at radius 1 is 1.00 bits per heavy atom. The molecule has 0 bridgehead atoms. The lowest BCUT2D eigenvalue weighted by molar-refractivity contribution is -0.300. The highest BCUT2D eigenvalue weighted by molar-refractivity contribution is 5.95. The van der Waals surface area contributed by atoms with E-state index in [9.17, 15) is 33.0 Å². The van der Waals surface area contributed by atoms with Crippen molar-refractivity contribution in [1.29, 1.82) is 0 Å². The van der Waals surface area contributed by atoms with E-state index in [-0.39, 0.29) is 5.56 Å². The predicted octanol–water partition coefficient (Wildman–Crippen LogP) is -0.460. The van der Waals surface area contributed by atoms with Crippen molar-refractivity contribution < 1.29 is 37.7 Å². The van der Waals surface area contributed by atoms with Gasteiger partial charge in [-0.05, 0) is 17.7 Å². The molecule has 0 fully saturated rings. The first-order chi connectivity index (χ1) is 10.7. The lowest BCUT2D eigenvalue weighted by Crippen LogP contribution is -2.36. The lowest BCUT2D eigenvalue weighted by Gasteiger charge is -2.28. The summed E-state index contributed by atoms with van der Waals surface area (Å²) in [6.45, 7) is 0. The number of rotatable bonds is 4. The van der Waals surface area contributed by atoms with E-state index in [1.54, 1.807) is 0 Å². The zero-order chi connectivity index (χ0) is 17.2. The summed E-state index contributed by atoms with van der Waals surface area (Å²) in [6.07, 6.45) is -2.80. The minimum atomic E-state index is -4.87. The first-order valence-electron chi connectivity index (χ1n) is 6.13. The van der Waals surface area contributed by atoms with E-state index in [4.69, 9.17) is 0 Å². The Hall–Kier alpha value is -2.97. The van der Waals surface area contributed by atoms with E-state index in [1.165, 1.54) is 0 Å². The fourth-order valence-corrected chi connectivity index (χ4v) is 2.13. The fraction of sp³-hybridized carbons (Fsp3) is 0.143. The number of carboxylic acid groups (broad SMARTS) is 2. The van der Waals surface area contributed by atoms with Crippen LogP contribution in [0.15, 0.2) is 47.8 Å². The third kappa shape index (κ3) is 3.82. The van der Waals surface area contributed by atoms with Gasteiger partial charge in [-0.15, -0.1) is 13.2 Å². The number of carbonyl (C=O) groups is 2. The smallest absolute Gasteiger partial charge is 0.545 e. The van der Waals surface area contributed by atoms with Gasteiger partial charge >= 0.3 is 6.36 Å². The zero-order valence-electron chi connectivity index (χ0n) is 11.2. The Kier molecular flexibility index (Phi) is 4.30. The maximum Gasteiger partial charge on any atom is 0.573 e. The number of aliphatic carboxylic acids is 2. The van der Waals surface area contributed by atoms with Gasteiger partial charge in [0.25, 0.3) is 0 Å². The van der Waals surface area contributed by atoms with Crippen LogP contribution in [0.25, 0.3) is 0 Å². The van der Waals surface area contributed by atoms with Crippen molar-refractivity contribution in [2.75, 3.05) is 0 Å². The van der Waals surface area contributed by atoms with Crippen LogP contribution < -0.4 is 20.3 Å². The van der Waals surface area contributed by atoms with Crippen LogP contribution in [0, 0.1) is 0 Å². The number of benzene rings is 1. The first-order valence-corrected chi connectivity index (χ1v) is 6.13. The van der Waals surface area contributed by atoms with Crippen molar-refractivity contribution in [2.45, 2.75) is 12.3 Å². The fourth-order valence-electron chi connectivity index (χ4n) is 2.13. The summed E-state index contributed by atoms with van der Waals surface area (Å²) in [7, 11) is 0. The molecule has 6 nitrogen and oxygen atoms in total. The molecular weight excluding hydrogens is 319 g/mol. The van der Waals surface area contributed by atoms with Crippen molar-refractivity contribution in [3.63, 3.8) is 0 Å². The number of dihydropyridines is 1. The SMILES string of the molecule is O=C([O-])C1=CNC=C(C(=O)[O-])C1c1ccc(OC(F)(F)F)cc1. The van der Waals surface area contributed by atoms with Gasteiger partial charge < -0.3 is 29.9 Å². The molecule has 0 amide bonds. The van der Waals surface area contributed by atoms with Crippen LogP contribution in [0.5, 0.6) is 5.75 Å². The molecule has 23 heavy (non-hydrogen) atoms. The normalized spacial score (nSPS) is 15.3. The van der Waals surface area contributed by atoms with Crippen molar-refractivity contribution in [1.82, 2.24) is 5.32 Å². The molecule has 1 N–H and O–H groups in total. The molecule has 1 aliphatic rings. The molecule has 0 saturated heterocycles. The molecule has 0 aromatic heterocycles. The topological polar surface area (TPSA) is 102 Å². The molecule has 1 aromatic carbocycles. The summed E-state index contributed by atoms with van der Waals surface area (Å²) < 4.78 is 40.0. The van der Waals surface area contributed by atoms with Crippen LogP contribution >= 0.6 is 0 Å². The van der Waals surface area contributed by atoms with E-state index >= 15 is 0 Å². The van der Waals surface area contributed by atoms with Crippen molar-refractivity contribution in [2.24, 2.45) is 0 Å². The summed E-state index contributed by atoms with van der Waals surface area (Å²) in [5.74, 6) is -5.01. The molecule has 0 aliphatic carbocycles. The van der Waals surface area contributed by atoms with Crippen LogP contribution in [-0.4, -0.2) is 18.3 Å². The van der Waals surface area contributed by atoms with Crippen LogP contribution in [0.1, 0.15) is 11.5 Å². The average Bonchev–Trinajstić information content (AvgIpc) is 2.45. The van der Waals surface area contributed by atoms with E-state index in [0.29, 0.717) is 0 Å². The van der Waals surface area contributed by atoms with Gasteiger partial charge in [0.15, 0.2) is 0 Å². The maximum absolute atomic E-state index is 12.1. The molecule has 2 rings (SSSR count). The molecule has 0 spiro atoms. The highest BCUT2D eigenvalue weighted by Gasteiger charge is 2.31. The lowest BCUT2D eigenvalue weighted by atomic mass is 9.84. The molecule has 0 atom stereocenters. The molecule has 9 heteroatoms. The summed E-state index contributed by atoms with van der Waals surface area (Å²) in [4.78, 5) is 22.3. The highest BCUT2D eigenvalue weighted by atomic mass is 19.4. The monoisotopic (exact) mass is 327 g/mol. The first kappa shape index (κ1) is 16.4. The van der Waals surface area contributed by atoms with Crippen LogP contribution in [0.3, 0.4) is 0 Å². The molecule has 0 unspecified atom stereocenters. The average molecular weight is 327 g/mol. The number of carboxylic acids is 2. The van der Waals surface area contributed by atoms with Crippen molar-refractivity contribution in [3.05, 3.63) is 53.4 Å². The molecular formula is C14H8F3NO5-2. The Bertz CT molecular complexity index is 661. The zero-order valence-corrected chi connectivity index (χ0v) is 11.2. The molecule has 122 valence electrons. The number of nitrogens with one attached hydrogen (secondary N) is 1. The standard InChI is InChI=1S/C14H10F3NO5/c15-14(16,17)23-8-3-1-7(2-4-8)11-9(12(19)20)5-18-6-10(11)13(21)22/h1-6,11,18H,(H,19,20)(H,21,22)/p-2. The number of hydrogen-bond acceptors (Lipinski definition) is 6. The summed E-state index contributed by atoms with van der Waals surface area (Å²) in [5.41, 5.74) is -0.653. The van der Waals surface area contributed by atoms with Crippen molar-refractivity contribution in [3.8, 4) is 5.75 Å². The van der Waals surface area contributed by atoms with E-state index in [2.05, 4.69) is 10.1 Å². The Balaban J connectivity index is 2.37. The van der Waals surface area contributed by atoms with Crippen LogP contribution in [0.4, 0.5) is 13.2 Å². The van der Waals surface area contributed by atoms with Gasteiger partial charge in [0.1, 0.15) is 5.75 Å². The maximum atomic E-state index is 12.1. The molecule has 1 aromatic rings. The largest absolute Gasteiger partial charge is 0.573 e. The number of hydrogen-bond donors (Lipinski definition) is 1. The van der Waals surface area contributed by atoms with E-state index in [0.717, 1.165) is 36.7 Å². The van der Waals surface area contributed by atoms with Gasteiger partial charge in [-0.2, -0.15) is 0 Å². The minimum absolute atomic E-state index is 0.131. The molecule has 1 heterocycles.